The van der Waals surface area contributed by atoms with E-state index in [-0.39, 0.29) is 85.1 Å². The third-order valence-corrected chi connectivity index (χ3v) is 7.75. The lowest BCUT2D eigenvalue weighted by atomic mass is 10.1. The number of carbonyl (C=O) groups excluding carboxylic acids is 9. The van der Waals surface area contributed by atoms with E-state index in [1.807, 2.05) is 18.4 Å². The molecule has 298 valence electrons. The summed E-state index contributed by atoms with van der Waals surface area (Å²) in [6.45, 7) is 15.7. The first-order chi connectivity index (χ1) is 24.8. The van der Waals surface area contributed by atoms with Crippen LogP contribution in [-0.2, 0) is 28.8 Å². The lowest BCUT2D eigenvalue weighted by Crippen LogP contribution is -2.04. The molecule has 0 aliphatic heterocycles. The monoisotopic (exact) mass is 768 g/mol. The minimum atomic E-state index is -0.262. The van der Waals surface area contributed by atoms with Crippen LogP contribution in [-0.4, -0.2) is 52.0 Å². The Hall–Kier alpha value is -4.77. The Labute approximate surface area is 325 Å². The zero-order chi connectivity index (χ0) is 40.9. The second-order valence-electron chi connectivity index (χ2n) is 12.9. The maximum atomic E-state index is 11.2. The predicted octanol–water partition coefficient (Wildman–Crippen LogP) is 9.82. The van der Waals surface area contributed by atoms with Crippen LogP contribution in [0.2, 0.25) is 0 Å². The molecule has 1 fully saturated rings. The standard InChI is InChI=1S/C10H10O2.C8H8O3.C8H8O2S.C6H10O.C5H8O2.C5H12.CH4/c1-8(11)7-10(12)9-5-3-2-4-6-9;2*1-6(9)5-7(10)8-3-2-4-11-8;1-5-3-2-4-6(5)7;1-4(6)3-5(2)7;1-4-5(2)3;/h2-6H,7H2,1H3;2*2-4H,5H2,1H3;5H,2-4H2,1H3;3H2,1-2H3;5H,4H2,1-3H3;1H4. The van der Waals surface area contributed by atoms with Gasteiger partial charge in [0.1, 0.15) is 34.7 Å². The highest BCUT2D eigenvalue weighted by atomic mass is 32.1. The highest BCUT2D eigenvalue weighted by Gasteiger charge is 2.18. The van der Waals surface area contributed by atoms with Crippen LogP contribution in [0.15, 0.2) is 70.7 Å². The smallest absolute Gasteiger partial charge is 0.205 e. The molecule has 1 aromatic carbocycles. The van der Waals surface area contributed by atoms with E-state index in [1.165, 1.54) is 58.6 Å². The summed E-state index contributed by atoms with van der Waals surface area (Å²) in [5, 5.41) is 1.83. The van der Waals surface area contributed by atoms with Gasteiger partial charge in [-0.3, -0.25) is 43.2 Å². The summed E-state index contributed by atoms with van der Waals surface area (Å²) in [6, 6.07) is 15.5. The summed E-state index contributed by atoms with van der Waals surface area (Å²) in [6.07, 6.45) is 5.84. The average molecular weight is 769 g/mol. The van der Waals surface area contributed by atoms with Crippen molar-refractivity contribution in [2.45, 2.75) is 121 Å². The van der Waals surface area contributed by atoms with Crippen molar-refractivity contribution in [2.24, 2.45) is 11.8 Å². The molecule has 0 N–H and O–H groups in total. The average Bonchev–Trinajstić information content (AvgIpc) is 3.86. The van der Waals surface area contributed by atoms with Crippen LogP contribution in [0.5, 0.6) is 0 Å². The maximum absolute atomic E-state index is 11.2. The van der Waals surface area contributed by atoms with Crippen LogP contribution in [0.4, 0.5) is 0 Å². The van der Waals surface area contributed by atoms with Gasteiger partial charge < -0.3 is 4.42 Å². The summed E-state index contributed by atoms with van der Waals surface area (Å²) in [5.74, 6) is 1.08. The van der Waals surface area contributed by atoms with E-state index in [4.69, 9.17) is 4.42 Å². The zero-order valence-corrected chi connectivity index (χ0v) is 33.5. The van der Waals surface area contributed by atoms with Crippen LogP contribution in [0.25, 0.3) is 0 Å². The fraction of sp³-hybridized carbons (Fsp3) is 0.465. The quantitative estimate of drug-likeness (QED) is 0.128. The second kappa shape index (κ2) is 31.7. The molecule has 2 heterocycles. The maximum Gasteiger partial charge on any atom is 0.205 e. The molecule has 3 aromatic rings. The third kappa shape index (κ3) is 30.8. The van der Waals surface area contributed by atoms with Gasteiger partial charge in [0.25, 0.3) is 0 Å². The highest BCUT2D eigenvalue weighted by Crippen LogP contribution is 2.19. The van der Waals surface area contributed by atoms with E-state index < -0.39 is 0 Å². The number of rotatable bonds is 12. The van der Waals surface area contributed by atoms with Gasteiger partial charge in [-0.15, -0.1) is 11.3 Å². The van der Waals surface area contributed by atoms with Gasteiger partial charge in [-0.05, 0) is 77.0 Å². The summed E-state index contributed by atoms with van der Waals surface area (Å²) < 4.78 is 4.79. The van der Waals surface area contributed by atoms with Crippen LogP contribution in [0.1, 0.15) is 152 Å². The van der Waals surface area contributed by atoms with Crippen LogP contribution >= 0.6 is 11.3 Å². The Morgan fingerprint density at radius 1 is 0.685 bits per heavy atom. The fourth-order valence-electron chi connectivity index (χ4n) is 3.79. The molecular weight excluding hydrogens is 709 g/mol. The largest absolute Gasteiger partial charge is 0.461 e. The number of thiophene rings is 1. The number of hydrogen-bond acceptors (Lipinski definition) is 11. The topological polar surface area (TPSA) is 167 Å². The van der Waals surface area contributed by atoms with Gasteiger partial charge in [0, 0.05) is 17.9 Å². The number of ketones is 9. The van der Waals surface area contributed by atoms with Crippen molar-refractivity contribution in [1.82, 2.24) is 0 Å². The van der Waals surface area contributed by atoms with Gasteiger partial charge in [-0.1, -0.05) is 77.9 Å². The molecule has 0 saturated heterocycles. The van der Waals surface area contributed by atoms with Gasteiger partial charge in [0.2, 0.25) is 5.78 Å². The van der Waals surface area contributed by atoms with E-state index in [1.54, 1.807) is 48.5 Å². The predicted molar refractivity (Wildman–Crippen MR) is 214 cm³/mol. The highest BCUT2D eigenvalue weighted by molar-refractivity contribution is 7.12. The van der Waals surface area contributed by atoms with Crippen molar-refractivity contribution in [3.63, 3.8) is 0 Å². The summed E-state index contributed by atoms with van der Waals surface area (Å²) >= 11 is 1.37. The second-order valence-corrected chi connectivity index (χ2v) is 13.8. The molecule has 10 nitrogen and oxygen atoms in total. The molecule has 1 atom stereocenters. The molecule has 0 radical (unpaired) electrons. The Morgan fingerprint density at radius 3 is 1.48 bits per heavy atom. The van der Waals surface area contributed by atoms with E-state index in [0.717, 1.165) is 25.2 Å². The zero-order valence-electron chi connectivity index (χ0n) is 32.7. The van der Waals surface area contributed by atoms with E-state index in [0.29, 0.717) is 22.1 Å². The number of Topliss-reactive ketones (excluding diaryl/α,β-unsaturated/α-hetero) is 9. The Kier molecular flexibility index (Phi) is 31.5. The molecular formula is C43H60O10S. The summed E-state index contributed by atoms with van der Waals surface area (Å²) in [4.78, 5) is 96.3. The third-order valence-electron chi connectivity index (χ3n) is 6.84. The van der Waals surface area contributed by atoms with Gasteiger partial charge in [0.15, 0.2) is 17.3 Å². The minimum absolute atomic E-state index is 0. The van der Waals surface area contributed by atoms with E-state index in [9.17, 15) is 43.2 Å². The van der Waals surface area contributed by atoms with Crippen LogP contribution in [0.3, 0.4) is 0 Å². The first-order valence-electron chi connectivity index (χ1n) is 17.5. The lowest BCUT2D eigenvalue weighted by molar-refractivity contribution is -0.125. The van der Waals surface area contributed by atoms with E-state index in [2.05, 4.69) is 20.8 Å². The fourth-order valence-corrected chi connectivity index (χ4v) is 4.46. The minimum Gasteiger partial charge on any atom is -0.461 e. The van der Waals surface area contributed by atoms with Gasteiger partial charge in [-0.2, -0.15) is 0 Å². The lowest BCUT2D eigenvalue weighted by Gasteiger charge is -1.95. The number of hydrogen-bond donors (Lipinski definition) is 0. The molecule has 1 saturated carbocycles. The van der Waals surface area contributed by atoms with Crippen LogP contribution < -0.4 is 0 Å². The molecule has 1 unspecified atom stereocenters. The molecule has 1 aliphatic carbocycles. The Morgan fingerprint density at radius 2 is 1.17 bits per heavy atom. The van der Waals surface area contributed by atoms with Crippen LogP contribution in [0, 0.1) is 11.8 Å². The molecule has 0 spiro atoms. The summed E-state index contributed by atoms with van der Waals surface area (Å²) in [5.41, 5.74) is 0.604. The van der Waals surface area contributed by atoms with Crippen molar-refractivity contribution in [3.8, 4) is 0 Å². The van der Waals surface area contributed by atoms with Crippen molar-refractivity contribution < 1.29 is 47.6 Å². The van der Waals surface area contributed by atoms with E-state index >= 15 is 0 Å². The van der Waals surface area contributed by atoms with Crippen molar-refractivity contribution >= 4 is 63.4 Å². The molecule has 0 amide bonds. The molecule has 11 heteroatoms. The van der Waals surface area contributed by atoms with Crippen molar-refractivity contribution in [3.05, 3.63) is 82.4 Å². The first-order valence-corrected chi connectivity index (χ1v) is 18.4. The normalized spacial score (nSPS) is 12.0. The molecule has 2 aromatic heterocycles. The number of benzene rings is 1. The molecule has 0 bridgehead atoms. The number of furan rings is 1. The van der Waals surface area contributed by atoms with Crippen molar-refractivity contribution in [2.75, 3.05) is 0 Å². The van der Waals surface area contributed by atoms with Gasteiger partial charge in [0.05, 0.1) is 36.8 Å². The van der Waals surface area contributed by atoms with Gasteiger partial charge in [-0.25, -0.2) is 0 Å². The molecule has 54 heavy (non-hydrogen) atoms. The molecule has 4 rings (SSSR count). The van der Waals surface area contributed by atoms with Gasteiger partial charge >= 0.3 is 0 Å². The molecule has 1 aliphatic rings. The first kappa shape index (κ1) is 53.6. The number of carbonyl (C=O) groups is 9. The Balaban J connectivity index is -0.000000589. The SMILES string of the molecule is C.CC(=O)CC(=O)c1ccccc1.CC(=O)CC(=O)c1ccco1.CC(=O)CC(=O)c1cccs1.CC(=O)CC(C)=O.CC1CCCC1=O.CCC(C)C. The van der Waals surface area contributed by atoms with Crippen molar-refractivity contribution in [1.29, 1.82) is 0 Å². The summed E-state index contributed by atoms with van der Waals surface area (Å²) in [7, 11) is 0. The Bertz CT molecular complexity index is 1500.